The van der Waals surface area contributed by atoms with Crippen LogP contribution in [-0.4, -0.2) is 4.92 Å². The Morgan fingerprint density at radius 2 is 2.10 bits per heavy atom. The minimum atomic E-state index is -0.532. The number of nitrogens with zero attached hydrogens (tertiary/aromatic N) is 1. The minimum absolute atomic E-state index is 0.0686. The van der Waals surface area contributed by atoms with E-state index in [1.165, 1.54) is 24.3 Å². The molecule has 1 N–H and O–H groups in total. The fourth-order valence-corrected chi connectivity index (χ4v) is 2.34. The van der Waals surface area contributed by atoms with Gasteiger partial charge in [0.15, 0.2) is 0 Å². The fraction of sp³-hybridized carbons (Fsp3) is 0.200. The average molecular weight is 309 g/mol. The molecule has 0 saturated heterocycles. The Kier molecular flexibility index (Phi) is 4.75. The maximum Gasteiger partial charge on any atom is 0.288 e. The van der Waals surface area contributed by atoms with Crippen LogP contribution in [0.5, 0.6) is 0 Å². The summed E-state index contributed by atoms with van der Waals surface area (Å²) in [6.45, 7) is 1.97. The highest BCUT2D eigenvalue weighted by molar-refractivity contribution is 6.32. The Labute approximate surface area is 126 Å². The summed E-state index contributed by atoms with van der Waals surface area (Å²) in [5.41, 5.74) is 1.33. The second kappa shape index (κ2) is 6.54. The molecule has 0 aromatic heterocycles. The highest BCUT2D eigenvalue weighted by Gasteiger charge is 2.14. The summed E-state index contributed by atoms with van der Waals surface area (Å²) >= 11 is 5.88. The Hall–Kier alpha value is -2.14. The van der Waals surface area contributed by atoms with Gasteiger partial charge in [0, 0.05) is 11.8 Å². The van der Waals surface area contributed by atoms with Gasteiger partial charge in [-0.15, -0.1) is 0 Å². The molecular weight excluding hydrogens is 295 g/mol. The van der Waals surface area contributed by atoms with Gasteiger partial charge in [0.1, 0.15) is 10.8 Å². The zero-order valence-corrected chi connectivity index (χ0v) is 12.1. The molecular formula is C15H14ClFN2O2. The Balaban J connectivity index is 2.23. The molecule has 0 heterocycles. The van der Waals surface area contributed by atoms with Crippen molar-refractivity contribution in [2.75, 3.05) is 5.32 Å². The van der Waals surface area contributed by atoms with Crippen LogP contribution in [-0.2, 0) is 0 Å². The molecule has 1 unspecified atom stereocenters. The largest absolute Gasteiger partial charge is 0.378 e. The number of hydrogen-bond acceptors (Lipinski definition) is 3. The lowest BCUT2D eigenvalue weighted by molar-refractivity contribution is -0.384. The van der Waals surface area contributed by atoms with E-state index in [0.717, 1.165) is 12.0 Å². The lowest BCUT2D eigenvalue weighted by Gasteiger charge is -2.19. The second-order valence-corrected chi connectivity index (χ2v) is 4.99. The van der Waals surface area contributed by atoms with Crippen molar-refractivity contribution in [2.24, 2.45) is 0 Å². The van der Waals surface area contributed by atoms with Crippen LogP contribution in [0, 0.1) is 15.9 Å². The molecule has 0 saturated carbocycles. The molecule has 4 nitrogen and oxygen atoms in total. The first-order valence-electron chi connectivity index (χ1n) is 6.47. The van der Waals surface area contributed by atoms with Crippen LogP contribution in [0.3, 0.4) is 0 Å². The first kappa shape index (κ1) is 15.3. The van der Waals surface area contributed by atoms with Crippen LogP contribution in [0.1, 0.15) is 24.9 Å². The summed E-state index contributed by atoms with van der Waals surface area (Å²) in [5.74, 6) is -0.297. The molecule has 0 spiro atoms. The van der Waals surface area contributed by atoms with E-state index in [9.17, 15) is 14.5 Å². The lowest BCUT2D eigenvalue weighted by Crippen LogP contribution is -2.10. The summed E-state index contributed by atoms with van der Waals surface area (Å²) in [6, 6.07) is 10.7. The topological polar surface area (TPSA) is 55.2 Å². The van der Waals surface area contributed by atoms with Crippen molar-refractivity contribution in [1.82, 2.24) is 0 Å². The van der Waals surface area contributed by atoms with Crippen molar-refractivity contribution in [2.45, 2.75) is 19.4 Å². The van der Waals surface area contributed by atoms with Crippen LogP contribution in [0.2, 0.25) is 5.02 Å². The first-order valence-corrected chi connectivity index (χ1v) is 6.85. The number of nitro groups is 1. The highest BCUT2D eigenvalue weighted by atomic mass is 35.5. The van der Waals surface area contributed by atoms with Gasteiger partial charge >= 0.3 is 0 Å². The molecule has 110 valence electrons. The summed E-state index contributed by atoms with van der Waals surface area (Å²) < 4.78 is 13.3. The molecule has 0 fully saturated rings. The molecule has 0 aliphatic rings. The Bertz CT molecular complexity index is 664. The number of hydrogen-bond donors (Lipinski definition) is 1. The first-order chi connectivity index (χ1) is 10.0. The van der Waals surface area contributed by atoms with E-state index < -0.39 is 4.92 Å². The van der Waals surface area contributed by atoms with Crippen LogP contribution < -0.4 is 5.32 Å². The molecule has 2 rings (SSSR count). The summed E-state index contributed by atoms with van der Waals surface area (Å²) in [6.07, 6.45) is 0.734. The monoisotopic (exact) mass is 308 g/mol. The Morgan fingerprint density at radius 3 is 2.67 bits per heavy atom. The van der Waals surface area contributed by atoms with Crippen LogP contribution in [0.25, 0.3) is 0 Å². The number of rotatable bonds is 5. The van der Waals surface area contributed by atoms with Gasteiger partial charge in [0.05, 0.1) is 11.0 Å². The summed E-state index contributed by atoms with van der Waals surface area (Å²) in [4.78, 5) is 10.2. The van der Waals surface area contributed by atoms with Crippen LogP contribution in [0.4, 0.5) is 15.8 Å². The number of halogens is 2. The molecule has 0 aliphatic heterocycles. The van der Waals surface area contributed by atoms with Gasteiger partial charge in [-0.2, -0.15) is 0 Å². The smallest absolute Gasteiger partial charge is 0.288 e. The maximum absolute atomic E-state index is 13.3. The third-order valence-corrected chi connectivity index (χ3v) is 3.45. The van der Waals surface area contributed by atoms with Crippen molar-refractivity contribution in [1.29, 1.82) is 0 Å². The highest BCUT2D eigenvalue weighted by Crippen LogP contribution is 2.30. The number of nitro benzene ring substituents is 1. The summed E-state index contributed by atoms with van der Waals surface area (Å²) in [7, 11) is 0. The molecule has 0 radical (unpaired) electrons. The van der Waals surface area contributed by atoms with E-state index >= 15 is 0 Å². The predicted octanol–water partition coefficient (Wildman–Crippen LogP) is 4.95. The van der Waals surface area contributed by atoms with Gasteiger partial charge in [0.25, 0.3) is 5.69 Å². The number of benzene rings is 2. The van der Waals surface area contributed by atoms with E-state index in [-0.39, 0.29) is 22.6 Å². The van der Waals surface area contributed by atoms with Crippen LogP contribution >= 0.6 is 11.6 Å². The van der Waals surface area contributed by atoms with Crippen molar-refractivity contribution in [3.8, 4) is 0 Å². The fourth-order valence-electron chi connectivity index (χ4n) is 2.09. The minimum Gasteiger partial charge on any atom is -0.378 e. The van der Waals surface area contributed by atoms with E-state index in [1.807, 2.05) is 13.0 Å². The molecule has 6 heteroatoms. The zero-order chi connectivity index (χ0) is 15.4. The molecule has 0 aliphatic carbocycles. The second-order valence-electron chi connectivity index (χ2n) is 4.58. The molecule has 0 amide bonds. The third-order valence-electron chi connectivity index (χ3n) is 3.14. The van der Waals surface area contributed by atoms with Gasteiger partial charge in [-0.1, -0.05) is 30.7 Å². The molecule has 0 bridgehead atoms. The SMILES string of the molecule is CCC(Nc1ccc([N+](=O)[O-])c(Cl)c1)c1cccc(F)c1. The standard InChI is InChI=1S/C15H14ClFN2O2/c1-2-14(10-4-3-5-11(17)8-10)18-12-6-7-15(19(20)21)13(16)9-12/h3-9,14,18H,2H2,1H3. The van der Waals surface area contributed by atoms with Gasteiger partial charge in [-0.25, -0.2) is 4.39 Å². The van der Waals surface area contributed by atoms with E-state index in [4.69, 9.17) is 11.6 Å². The van der Waals surface area contributed by atoms with Gasteiger partial charge < -0.3 is 5.32 Å². The quantitative estimate of drug-likeness (QED) is 0.628. The van der Waals surface area contributed by atoms with Crippen molar-refractivity contribution >= 4 is 23.0 Å². The van der Waals surface area contributed by atoms with E-state index in [1.54, 1.807) is 12.1 Å². The zero-order valence-electron chi connectivity index (χ0n) is 11.3. The van der Waals surface area contributed by atoms with Crippen LogP contribution in [0.15, 0.2) is 42.5 Å². The lowest BCUT2D eigenvalue weighted by atomic mass is 10.0. The third kappa shape index (κ3) is 3.70. The Morgan fingerprint density at radius 1 is 1.33 bits per heavy atom. The molecule has 2 aromatic carbocycles. The van der Waals surface area contributed by atoms with E-state index in [0.29, 0.717) is 5.69 Å². The van der Waals surface area contributed by atoms with Crippen molar-refractivity contribution < 1.29 is 9.31 Å². The van der Waals surface area contributed by atoms with Gasteiger partial charge in [-0.05, 0) is 36.2 Å². The van der Waals surface area contributed by atoms with Gasteiger partial charge in [0.2, 0.25) is 0 Å². The summed E-state index contributed by atoms with van der Waals surface area (Å²) in [5, 5.41) is 14.0. The maximum atomic E-state index is 13.3. The molecule has 1 atom stereocenters. The van der Waals surface area contributed by atoms with Crippen molar-refractivity contribution in [3.05, 3.63) is 69.0 Å². The average Bonchev–Trinajstić information content (AvgIpc) is 2.44. The van der Waals surface area contributed by atoms with E-state index in [2.05, 4.69) is 5.32 Å². The molecule has 2 aromatic rings. The molecule has 21 heavy (non-hydrogen) atoms. The number of nitrogens with one attached hydrogen (secondary N) is 1. The van der Waals surface area contributed by atoms with Gasteiger partial charge in [-0.3, -0.25) is 10.1 Å². The predicted molar refractivity (Wildman–Crippen MR) is 81.2 cm³/mol. The van der Waals surface area contributed by atoms with Crippen molar-refractivity contribution in [3.63, 3.8) is 0 Å². The number of anilines is 1. The normalized spacial score (nSPS) is 12.0.